The van der Waals surface area contributed by atoms with Crippen LogP contribution in [0.1, 0.15) is 10.4 Å². The van der Waals surface area contributed by atoms with Gasteiger partial charge in [-0.05, 0) is 6.07 Å². The predicted octanol–water partition coefficient (Wildman–Crippen LogP) is 0.964. The summed E-state index contributed by atoms with van der Waals surface area (Å²) in [7, 11) is 0. The van der Waals surface area contributed by atoms with Crippen LogP contribution in [0.5, 0.6) is 0 Å². The Hall–Kier alpha value is -2.09. The van der Waals surface area contributed by atoms with Crippen molar-refractivity contribution in [2.45, 2.75) is 0 Å². The molecule has 2 N–H and O–H groups in total. The van der Waals surface area contributed by atoms with Crippen LogP contribution in [-0.2, 0) is 0 Å². The van der Waals surface area contributed by atoms with Gasteiger partial charge in [-0.25, -0.2) is 14.2 Å². The van der Waals surface area contributed by atoms with Crippen LogP contribution in [0.25, 0.3) is 0 Å². The lowest BCUT2D eigenvalue weighted by molar-refractivity contribution is 0.0692. The molecule has 0 radical (unpaired) electrons. The Balaban J connectivity index is 3.02. The van der Waals surface area contributed by atoms with Crippen molar-refractivity contribution in [3.05, 3.63) is 23.6 Å². The fourth-order valence-corrected chi connectivity index (χ4v) is 0.867. The van der Waals surface area contributed by atoms with Gasteiger partial charge in [-0.3, -0.25) is 0 Å². The minimum absolute atomic E-state index is 0.0903. The van der Waals surface area contributed by atoms with Crippen LogP contribution in [0.2, 0.25) is 0 Å². The van der Waals surface area contributed by atoms with Crippen molar-refractivity contribution in [2.75, 3.05) is 11.9 Å². The fourth-order valence-electron chi connectivity index (χ4n) is 0.867. The number of carboxylic acid groups (broad SMARTS) is 1. The van der Waals surface area contributed by atoms with Gasteiger partial charge in [-0.2, -0.15) is 0 Å². The largest absolute Gasteiger partial charge is 0.478 e. The minimum Gasteiger partial charge on any atom is -0.478 e. The van der Waals surface area contributed by atoms with E-state index >= 15 is 0 Å². The first-order valence-corrected chi connectivity index (χ1v) is 3.72. The van der Waals surface area contributed by atoms with Gasteiger partial charge < -0.3 is 10.4 Å². The number of hydrogen-bond donors (Lipinski definition) is 2. The zero-order valence-electron chi connectivity index (χ0n) is 7.12. The van der Waals surface area contributed by atoms with Gasteiger partial charge in [0.05, 0.1) is 6.54 Å². The molecule has 0 aromatic carbocycles. The van der Waals surface area contributed by atoms with Crippen molar-refractivity contribution >= 4 is 11.8 Å². The molecule has 0 amide bonds. The van der Waals surface area contributed by atoms with E-state index in [9.17, 15) is 9.18 Å². The average molecular weight is 194 g/mol. The summed E-state index contributed by atoms with van der Waals surface area (Å²) in [5.74, 6) is -0.170. The highest BCUT2D eigenvalue weighted by Crippen LogP contribution is 2.14. The molecule has 0 aliphatic heterocycles. The number of anilines is 1. The molecule has 0 spiro atoms. The van der Waals surface area contributed by atoms with E-state index in [-0.39, 0.29) is 12.4 Å². The van der Waals surface area contributed by atoms with Crippen molar-refractivity contribution in [3.63, 3.8) is 0 Å². The van der Waals surface area contributed by atoms with Crippen molar-refractivity contribution in [1.82, 2.24) is 4.98 Å². The molecular weight excluding hydrogens is 187 g/mol. The zero-order valence-corrected chi connectivity index (χ0v) is 7.12. The third-order valence-electron chi connectivity index (χ3n) is 1.48. The van der Waals surface area contributed by atoms with E-state index in [4.69, 9.17) is 11.5 Å². The molecule has 0 saturated carbocycles. The van der Waals surface area contributed by atoms with Crippen LogP contribution in [0.15, 0.2) is 12.3 Å². The molecule has 0 unspecified atom stereocenters. The quantitative estimate of drug-likeness (QED) is 0.703. The summed E-state index contributed by atoms with van der Waals surface area (Å²) in [6, 6.07) is 1.08. The Labute approximate surface area is 79.8 Å². The van der Waals surface area contributed by atoms with Gasteiger partial charge in [0.1, 0.15) is 5.56 Å². The Bertz CT molecular complexity index is 398. The van der Waals surface area contributed by atoms with Crippen molar-refractivity contribution in [2.24, 2.45) is 0 Å². The van der Waals surface area contributed by atoms with Crippen molar-refractivity contribution in [3.8, 4) is 12.3 Å². The topological polar surface area (TPSA) is 62.2 Å². The third-order valence-corrected chi connectivity index (χ3v) is 1.48. The Morgan fingerprint density at radius 3 is 3.07 bits per heavy atom. The highest BCUT2D eigenvalue weighted by Gasteiger charge is 2.14. The molecule has 5 heteroatoms. The van der Waals surface area contributed by atoms with E-state index in [2.05, 4.69) is 16.2 Å². The molecule has 0 aliphatic rings. The predicted molar refractivity (Wildman–Crippen MR) is 48.5 cm³/mol. The molecule has 0 atom stereocenters. The van der Waals surface area contributed by atoms with Crippen molar-refractivity contribution < 1.29 is 14.3 Å². The normalized spacial score (nSPS) is 9.14. The molecular formula is C9H7FN2O2. The molecule has 1 aromatic rings. The summed E-state index contributed by atoms with van der Waals surface area (Å²) in [5, 5.41) is 11.1. The van der Waals surface area contributed by atoms with Gasteiger partial charge in [0, 0.05) is 6.20 Å². The second-order valence-electron chi connectivity index (χ2n) is 2.38. The maximum atomic E-state index is 13.3. The van der Waals surface area contributed by atoms with E-state index in [1.165, 1.54) is 6.20 Å². The van der Waals surface area contributed by atoms with E-state index in [0.29, 0.717) is 0 Å². The highest BCUT2D eigenvalue weighted by atomic mass is 19.1. The van der Waals surface area contributed by atoms with E-state index in [1.807, 2.05) is 0 Å². The second kappa shape index (κ2) is 4.23. The van der Waals surface area contributed by atoms with Crippen LogP contribution in [0.4, 0.5) is 10.2 Å². The zero-order chi connectivity index (χ0) is 10.6. The average Bonchev–Trinajstić information content (AvgIpc) is 2.16. The minimum atomic E-state index is -1.34. The van der Waals surface area contributed by atoms with Gasteiger partial charge in [0.25, 0.3) is 0 Å². The number of aromatic nitrogens is 1. The summed E-state index contributed by atoms with van der Waals surface area (Å²) in [5.41, 5.74) is -0.431. The Morgan fingerprint density at radius 1 is 1.79 bits per heavy atom. The second-order valence-corrected chi connectivity index (χ2v) is 2.38. The van der Waals surface area contributed by atoms with Gasteiger partial charge in [0.15, 0.2) is 11.6 Å². The smallest absolute Gasteiger partial charge is 0.338 e. The number of carboxylic acids is 1. The van der Waals surface area contributed by atoms with Crippen LogP contribution in [-0.4, -0.2) is 22.6 Å². The number of aromatic carboxylic acids is 1. The van der Waals surface area contributed by atoms with Gasteiger partial charge in [0.2, 0.25) is 0 Å². The Kier molecular flexibility index (Phi) is 3.02. The molecule has 1 aromatic heterocycles. The molecule has 1 rings (SSSR count). The lowest BCUT2D eigenvalue weighted by Gasteiger charge is -2.04. The Morgan fingerprint density at radius 2 is 2.50 bits per heavy atom. The molecule has 1 heterocycles. The van der Waals surface area contributed by atoms with E-state index in [1.54, 1.807) is 0 Å². The van der Waals surface area contributed by atoms with Crippen LogP contribution in [0.3, 0.4) is 0 Å². The molecule has 72 valence electrons. The number of carbonyl (C=O) groups is 1. The summed E-state index contributed by atoms with van der Waals surface area (Å²) in [6.45, 7) is 0.0903. The maximum absolute atomic E-state index is 13.3. The van der Waals surface area contributed by atoms with E-state index < -0.39 is 17.3 Å². The first kappa shape index (κ1) is 9.99. The molecule has 0 aliphatic carbocycles. The lowest BCUT2D eigenvalue weighted by atomic mass is 10.2. The third kappa shape index (κ3) is 1.98. The molecule has 4 nitrogen and oxygen atoms in total. The number of halogens is 1. The summed E-state index contributed by atoms with van der Waals surface area (Å²) in [6.07, 6.45) is 6.15. The number of hydrogen-bond acceptors (Lipinski definition) is 3. The van der Waals surface area contributed by atoms with Crippen LogP contribution in [0, 0.1) is 18.2 Å². The molecule has 0 fully saturated rings. The first-order valence-electron chi connectivity index (χ1n) is 3.72. The number of terminal acetylenes is 1. The first-order chi connectivity index (χ1) is 6.66. The standard InChI is InChI=1S/C9H7FN2O2/c1-2-4-11-8-7(10)6(9(13)14)3-5-12-8/h1,3,5H,4H2,(H,11,12)(H,13,14). The summed E-state index contributed by atoms with van der Waals surface area (Å²) in [4.78, 5) is 14.1. The summed E-state index contributed by atoms with van der Waals surface area (Å²) < 4.78 is 13.3. The number of nitrogens with one attached hydrogen (secondary N) is 1. The van der Waals surface area contributed by atoms with E-state index in [0.717, 1.165) is 6.07 Å². The van der Waals surface area contributed by atoms with Gasteiger partial charge in [-0.15, -0.1) is 6.42 Å². The summed E-state index contributed by atoms with van der Waals surface area (Å²) >= 11 is 0. The maximum Gasteiger partial charge on any atom is 0.338 e. The fraction of sp³-hybridized carbons (Fsp3) is 0.111. The van der Waals surface area contributed by atoms with Crippen LogP contribution < -0.4 is 5.32 Å². The number of nitrogens with zero attached hydrogens (tertiary/aromatic N) is 1. The molecule has 14 heavy (non-hydrogen) atoms. The highest BCUT2D eigenvalue weighted by molar-refractivity contribution is 5.88. The monoisotopic (exact) mass is 194 g/mol. The van der Waals surface area contributed by atoms with Gasteiger partial charge in [-0.1, -0.05) is 5.92 Å². The molecule has 0 saturated heterocycles. The lowest BCUT2D eigenvalue weighted by Crippen LogP contribution is -2.08. The number of rotatable bonds is 3. The number of pyridine rings is 1. The van der Waals surface area contributed by atoms with Crippen molar-refractivity contribution in [1.29, 1.82) is 0 Å². The SMILES string of the molecule is C#CCNc1nccc(C(=O)O)c1F. The van der Waals surface area contributed by atoms with Gasteiger partial charge >= 0.3 is 5.97 Å². The van der Waals surface area contributed by atoms with Crippen LogP contribution >= 0.6 is 0 Å². The molecule has 0 bridgehead atoms.